The Morgan fingerprint density at radius 3 is 2.95 bits per heavy atom. The third-order valence-corrected chi connectivity index (χ3v) is 3.43. The summed E-state index contributed by atoms with van der Waals surface area (Å²) >= 11 is 6.11. The fourth-order valence-electron chi connectivity index (χ4n) is 2.11. The van der Waals surface area contributed by atoms with Crippen LogP contribution in [0.25, 0.3) is 11.0 Å². The number of fused-ring (bicyclic) bond motifs is 1. The van der Waals surface area contributed by atoms with Crippen LogP contribution in [0.2, 0.25) is 5.02 Å². The zero-order valence-corrected chi connectivity index (χ0v) is 11.2. The quantitative estimate of drug-likeness (QED) is 0.789. The van der Waals surface area contributed by atoms with E-state index >= 15 is 0 Å². The lowest BCUT2D eigenvalue weighted by Gasteiger charge is -2.06. The lowest BCUT2D eigenvalue weighted by molar-refractivity contribution is 0.668. The van der Waals surface area contributed by atoms with Crippen molar-refractivity contribution in [3.8, 4) is 0 Å². The van der Waals surface area contributed by atoms with Crippen molar-refractivity contribution in [2.75, 3.05) is 5.73 Å². The summed E-state index contributed by atoms with van der Waals surface area (Å²) in [6.45, 7) is 0.690. The predicted molar refractivity (Wildman–Crippen MR) is 73.9 cm³/mol. The van der Waals surface area contributed by atoms with Crippen molar-refractivity contribution in [3.63, 3.8) is 0 Å². The molecule has 0 radical (unpaired) electrons. The lowest BCUT2D eigenvalue weighted by atomic mass is 10.3. The molecule has 3 rings (SSSR count). The van der Waals surface area contributed by atoms with Crippen molar-refractivity contribution in [1.82, 2.24) is 24.3 Å². The predicted octanol–water partition coefficient (Wildman–Crippen LogP) is 1.64. The first-order valence-electron chi connectivity index (χ1n) is 5.90. The zero-order chi connectivity index (χ0) is 13.4. The molecule has 0 saturated heterocycles. The highest BCUT2D eigenvalue weighted by Crippen LogP contribution is 2.25. The number of rotatable bonds is 3. The molecule has 0 amide bonds. The topological polar surface area (TPSA) is 74.5 Å². The number of benzene rings is 1. The van der Waals surface area contributed by atoms with Gasteiger partial charge in [0.2, 0.25) is 5.95 Å². The van der Waals surface area contributed by atoms with Crippen LogP contribution in [0.5, 0.6) is 0 Å². The minimum atomic E-state index is 0.463. The van der Waals surface area contributed by atoms with Gasteiger partial charge in [-0.2, -0.15) is 0 Å². The number of hydrogen-bond acceptors (Lipinski definition) is 4. The Bertz CT molecular complexity index is 729. The Balaban J connectivity index is 1.95. The highest BCUT2D eigenvalue weighted by molar-refractivity contribution is 6.35. The van der Waals surface area contributed by atoms with Crippen LogP contribution in [0.3, 0.4) is 0 Å². The van der Waals surface area contributed by atoms with Gasteiger partial charge in [-0.05, 0) is 12.1 Å². The molecule has 0 unspecified atom stereocenters. The molecule has 0 saturated carbocycles. The van der Waals surface area contributed by atoms with Crippen molar-refractivity contribution >= 4 is 28.6 Å². The Labute approximate surface area is 114 Å². The van der Waals surface area contributed by atoms with E-state index in [1.54, 1.807) is 6.33 Å². The van der Waals surface area contributed by atoms with E-state index in [9.17, 15) is 0 Å². The van der Waals surface area contributed by atoms with Gasteiger partial charge in [0.25, 0.3) is 0 Å². The maximum absolute atomic E-state index is 6.11. The Hall–Kier alpha value is -2.08. The van der Waals surface area contributed by atoms with Crippen LogP contribution in [-0.2, 0) is 20.0 Å². The second-order valence-electron chi connectivity index (χ2n) is 4.34. The Morgan fingerprint density at radius 2 is 2.21 bits per heavy atom. The summed E-state index contributed by atoms with van der Waals surface area (Å²) < 4.78 is 3.83. The molecule has 2 N–H and O–H groups in total. The number of imidazole rings is 1. The number of nitrogens with zero attached hydrogens (tertiary/aromatic N) is 5. The van der Waals surface area contributed by atoms with Crippen LogP contribution in [0.15, 0.2) is 24.5 Å². The van der Waals surface area contributed by atoms with Crippen LogP contribution < -0.4 is 5.73 Å². The van der Waals surface area contributed by atoms with Crippen molar-refractivity contribution in [2.45, 2.75) is 13.0 Å². The molecule has 0 aliphatic heterocycles. The van der Waals surface area contributed by atoms with Gasteiger partial charge in [-0.1, -0.05) is 17.7 Å². The molecule has 0 aliphatic rings. The Kier molecular flexibility index (Phi) is 2.87. The smallest absolute Gasteiger partial charge is 0.201 e. The maximum atomic E-state index is 6.11. The molecule has 0 bridgehead atoms. The molecule has 3 aromatic rings. The van der Waals surface area contributed by atoms with E-state index in [1.165, 1.54) is 0 Å². The number of hydrogen-bond donors (Lipinski definition) is 1. The summed E-state index contributed by atoms with van der Waals surface area (Å²) in [6.07, 6.45) is 2.42. The number of aromatic nitrogens is 5. The molecule has 19 heavy (non-hydrogen) atoms. The minimum Gasteiger partial charge on any atom is -0.369 e. The van der Waals surface area contributed by atoms with Crippen molar-refractivity contribution in [2.24, 2.45) is 7.05 Å². The third kappa shape index (κ3) is 2.04. The first kappa shape index (κ1) is 12.0. The van der Waals surface area contributed by atoms with E-state index in [-0.39, 0.29) is 0 Å². The van der Waals surface area contributed by atoms with E-state index in [2.05, 4.69) is 15.2 Å². The largest absolute Gasteiger partial charge is 0.369 e. The molecule has 1 aromatic carbocycles. The van der Waals surface area contributed by atoms with Gasteiger partial charge in [-0.15, -0.1) is 10.2 Å². The van der Waals surface area contributed by atoms with Crippen molar-refractivity contribution < 1.29 is 0 Å². The number of anilines is 1. The zero-order valence-electron chi connectivity index (χ0n) is 10.4. The van der Waals surface area contributed by atoms with Crippen LogP contribution in [0, 0.1) is 0 Å². The van der Waals surface area contributed by atoms with E-state index in [0.29, 0.717) is 17.5 Å². The molecule has 0 atom stereocenters. The van der Waals surface area contributed by atoms with Gasteiger partial charge >= 0.3 is 0 Å². The SMILES string of the molecule is Cn1cnnc1CCn1c(N)nc2c(Cl)cccc21. The Morgan fingerprint density at radius 1 is 1.37 bits per heavy atom. The fourth-order valence-corrected chi connectivity index (χ4v) is 2.32. The van der Waals surface area contributed by atoms with Crippen LogP contribution in [0.1, 0.15) is 5.82 Å². The normalized spacial score (nSPS) is 11.3. The van der Waals surface area contributed by atoms with Crippen LogP contribution >= 0.6 is 11.6 Å². The summed E-state index contributed by atoms with van der Waals surface area (Å²) in [5.41, 5.74) is 7.62. The van der Waals surface area contributed by atoms with E-state index in [1.807, 2.05) is 34.4 Å². The first-order chi connectivity index (χ1) is 9.16. The van der Waals surface area contributed by atoms with E-state index < -0.39 is 0 Å². The number of para-hydroxylation sites is 1. The standard InChI is InChI=1S/C12H13ClN6/c1-18-7-15-17-10(18)5-6-19-9-4-2-3-8(13)11(9)16-12(19)14/h2-4,7H,5-6H2,1H3,(H2,14,16). The molecule has 98 valence electrons. The average Bonchev–Trinajstić information content (AvgIpc) is 2.92. The third-order valence-electron chi connectivity index (χ3n) is 3.12. The second-order valence-corrected chi connectivity index (χ2v) is 4.74. The monoisotopic (exact) mass is 276 g/mol. The number of halogens is 1. The van der Waals surface area contributed by atoms with E-state index in [4.69, 9.17) is 17.3 Å². The average molecular weight is 277 g/mol. The van der Waals surface area contributed by atoms with Gasteiger partial charge in [-0.3, -0.25) is 0 Å². The molecule has 2 heterocycles. The molecule has 6 nitrogen and oxygen atoms in total. The summed E-state index contributed by atoms with van der Waals surface area (Å²) in [7, 11) is 1.92. The first-order valence-corrected chi connectivity index (χ1v) is 6.27. The van der Waals surface area contributed by atoms with Gasteiger partial charge < -0.3 is 14.9 Å². The summed E-state index contributed by atoms with van der Waals surface area (Å²) in [6, 6.07) is 5.66. The molecule has 0 spiro atoms. The highest BCUT2D eigenvalue weighted by atomic mass is 35.5. The molecule has 7 heteroatoms. The number of nitrogens with two attached hydrogens (primary N) is 1. The van der Waals surface area contributed by atoms with Crippen LogP contribution in [0.4, 0.5) is 5.95 Å². The molecule has 0 fully saturated rings. The summed E-state index contributed by atoms with van der Waals surface area (Å²) in [4.78, 5) is 4.30. The summed E-state index contributed by atoms with van der Waals surface area (Å²) in [5.74, 6) is 1.37. The lowest BCUT2D eigenvalue weighted by Crippen LogP contribution is -2.08. The van der Waals surface area contributed by atoms with Gasteiger partial charge in [0.15, 0.2) is 0 Å². The fraction of sp³-hybridized carbons (Fsp3) is 0.250. The second kappa shape index (κ2) is 4.55. The molecular formula is C12H13ClN6. The summed E-state index contributed by atoms with van der Waals surface area (Å²) in [5, 5.41) is 8.52. The highest BCUT2D eigenvalue weighted by Gasteiger charge is 2.11. The van der Waals surface area contributed by atoms with Gasteiger partial charge in [-0.25, -0.2) is 4.98 Å². The molecule has 2 aromatic heterocycles. The van der Waals surface area contributed by atoms with Crippen LogP contribution in [-0.4, -0.2) is 24.3 Å². The van der Waals surface area contributed by atoms with Gasteiger partial charge in [0, 0.05) is 20.0 Å². The number of nitrogen functional groups attached to an aromatic ring is 1. The maximum Gasteiger partial charge on any atom is 0.201 e. The molecular weight excluding hydrogens is 264 g/mol. The minimum absolute atomic E-state index is 0.463. The number of aryl methyl sites for hydroxylation is 3. The van der Waals surface area contributed by atoms with Crippen molar-refractivity contribution in [1.29, 1.82) is 0 Å². The van der Waals surface area contributed by atoms with Gasteiger partial charge in [0.05, 0.1) is 10.5 Å². The molecule has 0 aliphatic carbocycles. The van der Waals surface area contributed by atoms with E-state index in [0.717, 1.165) is 23.3 Å². The van der Waals surface area contributed by atoms with Crippen molar-refractivity contribution in [3.05, 3.63) is 35.4 Å². The van der Waals surface area contributed by atoms with Gasteiger partial charge in [0.1, 0.15) is 17.7 Å².